The third kappa shape index (κ3) is 5.04. The van der Waals surface area contributed by atoms with Crippen molar-refractivity contribution in [3.63, 3.8) is 0 Å². The monoisotopic (exact) mass is 445 g/mol. The Morgan fingerprint density at radius 3 is 2.45 bits per heavy atom. The molecule has 1 aliphatic carbocycles. The van der Waals surface area contributed by atoms with Crippen molar-refractivity contribution in [3.05, 3.63) is 29.3 Å². The summed E-state index contributed by atoms with van der Waals surface area (Å²) in [5, 5.41) is 16.4. The van der Waals surface area contributed by atoms with Gasteiger partial charge in [0.05, 0.1) is 6.04 Å². The van der Waals surface area contributed by atoms with E-state index in [1.165, 1.54) is 4.80 Å². The minimum Gasteiger partial charge on any atom is -0.352 e. The van der Waals surface area contributed by atoms with Crippen molar-refractivity contribution < 1.29 is 9.59 Å². The summed E-state index contributed by atoms with van der Waals surface area (Å²) in [6, 6.07) is 6.86. The van der Waals surface area contributed by atoms with Crippen molar-refractivity contribution in [2.24, 2.45) is 0 Å². The maximum absolute atomic E-state index is 13.2. The van der Waals surface area contributed by atoms with Crippen molar-refractivity contribution >= 4 is 23.4 Å². The molecule has 166 valence electrons. The van der Waals surface area contributed by atoms with Crippen LogP contribution < -0.4 is 5.32 Å². The van der Waals surface area contributed by atoms with Crippen LogP contribution in [-0.2, 0) is 9.59 Å². The first-order chi connectivity index (χ1) is 15.0. The molecule has 2 aromatic rings. The van der Waals surface area contributed by atoms with Crippen LogP contribution in [0.1, 0.15) is 39.2 Å². The van der Waals surface area contributed by atoms with Crippen LogP contribution in [0, 0.1) is 0 Å². The van der Waals surface area contributed by atoms with E-state index in [9.17, 15) is 9.59 Å². The minimum atomic E-state index is -0.504. The first-order valence-corrected chi connectivity index (χ1v) is 11.2. The van der Waals surface area contributed by atoms with E-state index in [-0.39, 0.29) is 17.9 Å². The predicted octanol–water partition coefficient (Wildman–Crippen LogP) is 1.76. The number of tetrazole rings is 1. The van der Waals surface area contributed by atoms with Crippen LogP contribution in [0.5, 0.6) is 0 Å². The number of hydrogen-bond donors (Lipinski definition) is 1. The molecule has 31 heavy (non-hydrogen) atoms. The standard InChI is InChI=1S/C21H28ClN7O2/c1-3-18(29-25-19(24-26-29)15-4-6-16(22)7-5-15)21(31)28-12-10-27(11-13-28)14(2)20(30)23-17-8-9-17/h4-7,14,17-18H,3,8-13H2,1-2H3,(H,23,30). The van der Waals surface area contributed by atoms with Crippen molar-refractivity contribution in [2.75, 3.05) is 26.2 Å². The highest BCUT2D eigenvalue weighted by Gasteiger charge is 2.33. The molecule has 2 heterocycles. The highest BCUT2D eigenvalue weighted by Crippen LogP contribution is 2.21. The Kier molecular flexibility index (Phi) is 6.52. The van der Waals surface area contributed by atoms with E-state index in [0.29, 0.717) is 49.5 Å². The topological polar surface area (TPSA) is 96.2 Å². The molecule has 1 aliphatic heterocycles. The summed E-state index contributed by atoms with van der Waals surface area (Å²) < 4.78 is 0. The Bertz CT molecular complexity index is 920. The fourth-order valence-corrected chi connectivity index (χ4v) is 3.89. The van der Waals surface area contributed by atoms with Gasteiger partial charge in [0.15, 0.2) is 6.04 Å². The van der Waals surface area contributed by atoms with E-state index in [1.54, 1.807) is 12.1 Å². The maximum Gasteiger partial charge on any atom is 0.249 e. The second kappa shape index (κ2) is 9.32. The zero-order valence-electron chi connectivity index (χ0n) is 17.9. The molecule has 0 bridgehead atoms. The highest BCUT2D eigenvalue weighted by atomic mass is 35.5. The van der Waals surface area contributed by atoms with E-state index in [2.05, 4.69) is 25.6 Å². The van der Waals surface area contributed by atoms with E-state index < -0.39 is 6.04 Å². The normalized spacial score (nSPS) is 19.1. The number of amides is 2. The van der Waals surface area contributed by atoms with Crippen molar-refractivity contribution in [2.45, 2.75) is 51.2 Å². The zero-order valence-corrected chi connectivity index (χ0v) is 18.6. The number of nitrogens with one attached hydrogen (secondary N) is 1. The van der Waals surface area contributed by atoms with Gasteiger partial charge in [-0.05, 0) is 55.7 Å². The molecule has 2 unspecified atom stereocenters. The fourth-order valence-electron chi connectivity index (χ4n) is 3.76. The molecule has 9 nitrogen and oxygen atoms in total. The van der Waals surface area contributed by atoms with Gasteiger partial charge in [-0.2, -0.15) is 4.80 Å². The summed E-state index contributed by atoms with van der Waals surface area (Å²) >= 11 is 5.94. The minimum absolute atomic E-state index is 0.0164. The molecule has 1 aromatic heterocycles. The fraction of sp³-hybridized carbons (Fsp3) is 0.571. The van der Waals surface area contributed by atoms with Gasteiger partial charge in [-0.15, -0.1) is 10.2 Å². The first kappa shape index (κ1) is 21.7. The lowest BCUT2D eigenvalue weighted by Gasteiger charge is -2.38. The zero-order chi connectivity index (χ0) is 22.0. The molecule has 1 saturated heterocycles. The quantitative estimate of drug-likeness (QED) is 0.697. The third-order valence-corrected chi connectivity index (χ3v) is 6.21. The van der Waals surface area contributed by atoms with Crippen LogP contribution in [-0.4, -0.2) is 80.1 Å². The number of hydrogen-bond acceptors (Lipinski definition) is 6. The van der Waals surface area contributed by atoms with Crippen molar-refractivity contribution in [1.29, 1.82) is 0 Å². The van der Waals surface area contributed by atoms with Crippen LogP contribution >= 0.6 is 11.6 Å². The molecular formula is C21H28ClN7O2. The number of halogens is 1. The molecule has 2 fully saturated rings. The van der Waals surface area contributed by atoms with Crippen LogP contribution in [0.2, 0.25) is 5.02 Å². The molecule has 0 radical (unpaired) electrons. The van der Waals surface area contributed by atoms with Gasteiger partial charge in [-0.25, -0.2) is 0 Å². The van der Waals surface area contributed by atoms with Gasteiger partial charge in [-0.1, -0.05) is 18.5 Å². The molecule has 1 aromatic carbocycles. The van der Waals surface area contributed by atoms with Gasteiger partial charge in [-0.3, -0.25) is 14.5 Å². The van der Waals surface area contributed by atoms with E-state index in [4.69, 9.17) is 11.6 Å². The van der Waals surface area contributed by atoms with Crippen molar-refractivity contribution in [1.82, 2.24) is 35.3 Å². The first-order valence-electron chi connectivity index (χ1n) is 10.8. The molecule has 4 rings (SSSR count). The summed E-state index contributed by atoms with van der Waals surface area (Å²) in [6.07, 6.45) is 2.72. The molecule has 1 N–H and O–H groups in total. The second-order valence-corrected chi connectivity index (χ2v) is 8.62. The van der Waals surface area contributed by atoms with Crippen LogP contribution in [0.25, 0.3) is 11.4 Å². The van der Waals surface area contributed by atoms with Crippen molar-refractivity contribution in [3.8, 4) is 11.4 Å². The Balaban J connectivity index is 1.36. The number of benzene rings is 1. The number of aromatic nitrogens is 4. The van der Waals surface area contributed by atoms with Gasteiger partial charge in [0, 0.05) is 42.8 Å². The Morgan fingerprint density at radius 2 is 1.84 bits per heavy atom. The molecule has 0 spiro atoms. The van der Waals surface area contributed by atoms with E-state index >= 15 is 0 Å². The lowest BCUT2D eigenvalue weighted by atomic mass is 10.1. The largest absolute Gasteiger partial charge is 0.352 e. The Labute approximate surface area is 186 Å². The molecule has 2 amide bonds. The smallest absolute Gasteiger partial charge is 0.249 e. The summed E-state index contributed by atoms with van der Waals surface area (Å²) in [4.78, 5) is 30.9. The van der Waals surface area contributed by atoms with E-state index in [0.717, 1.165) is 18.4 Å². The summed E-state index contributed by atoms with van der Waals surface area (Å²) in [7, 11) is 0. The Hall–Kier alpha value is -2.52. The van der Waals surface area contributed by atoms with Gasteiger partial charge >= 0.3 is 0 Å². The molecule has 1 saturated carbocycles. The number of rotatable bonds is 7. The molecular weight excluding hydrogens is 418 g/mol. The second-order valence-electron chi connectivity index (χ2n) is 8.18. The molecule has 2 atom stereocenters. The van der Waals surface area contributed by atoms with Crippen LogP contribution in [0.4, 0.5) is 0 Å². The number of carbonyl (C=O) groups excluding carboxylic acids is 2. The van der Waals surface area contributed by atoms with Gasteiger partial charge in [0.1, 0.15) is 0 Å². The molecule has 10 heteroatoms. The third-order valence-electron chi connectivity index (χ3n) is 5.96. The summed E-state index contributed by atoms with van der Waals surface area (Å²) in [5.74, 6) is 0.524. The van der Waals surface area contributed by atoms with Gasteiger partial charge < -0.3 is 10.2 Å². The summed E-state index contributed by atoms with van der Waals surface area (Å²) in [6.45, 7) is 6.37. The van der Waals surface area contributed by atoms with Gasteiger partial charge in [0.2, 0.25) is 17.6 Å². The number of carbonyl (C=O) groups is 2. The number of nitrogens with zero attached hydrogens (tertiary/aromatic N) is 6. The lowest BCUT2D eigenvalue weighted by Crippen LogP contribution is -2.56. The van der Waals surface area contributed by atoms with Gasteiger partial charge in [0.25, 0.3) is 0 Å². The van der Waals surface area contributed by atoms with Crippen LogP contribution in [0.15, 0.2) is 24.3 Å². The average molecular weight is 446 g/mol. The average Bonchev–Trinajstić information content (AvgIpc) is 3.47. The Morgan fingerprint density at radius 1 is 1.16 bits per heavy atom. The summed E-state index contributed by atoms with van der Waals surface area (Å²) in [5.41, 5.74) is 0.796. The highest BCUT2D eigenvalue weighted by molar-refractivity contribution is 6.30. The van der Waals surface area contributed by atoms with Crippen LogP contribution in [0.3, 0.4) is 0 Å². The predicted molar refractivity (Wildman–Crippen MR) is 116 cm³/mol. The van der Waals surface area contributed by atoms with E-state index in [1.807, 2.05) is 30.9 Å². The lowest BCUT2D eigenvalue weighted by molar-refractivity contribution is -0.138. The number of piperazine rings is 1. The maximum atomic E-state index is 13.2. The SMILES string of the molecule is CCC(C(=O)N1CCN(C(C)C(=O)NC2CC2)CC1)n1nnc(-c2ccc(Cl)cc2)n1. The molecule has 2 aliphatic rings.